The Labute approximate surface area is 209 Å². The minimum absolute atomic E-state index is 0.0554. The zero-order chi connectivity index (χ0) is 24.7. The molecule has 9 heteroatoms. The molecule has 0 spiro atoms. The Kier molecular flexibility index (Phi) is 6.12. The molecule has 0 radical (unpaired) electrons. The average molecular weight is 506 g/mol. The summed E-state index contributed by atoms with van der Waals surface area (Å²) in [5, 5.41) is 1.90. The van der Waals surface area contributed by atoms with E-state index in [0.717, 1.165) is 22.5 Å². The maximum atomic E-state index is 14.0. The molecule has 0 saturated carbocycles. The van der Waals surface area contributed by atoms with E-state index >= 15 is 0 Å². The maximum absolute atomic E-state index is 14.0. The minimum atomic E-state index is -0.684. The number of ether oxygens (including phenoxy) is 1. The highest BCUT2D eigenvalue weighted by atomic mass is 32.1. The van der Waals surface area contributed by atoms with Gasteiger partial charge in [0.25, 0.3) is 11.5 Å². The molecule has 0 fully saturated rings. The molecule has 4 heterocycles. The number of rotatable bonds is 6. The summed E-state index contributed by atoms with van der Waals surface area (Å²) in [5.74, 6) is -0.730. The summed E-state index contributed by atoms with van der Waals surface area (Å²) in [5.41, 5.74) is 2.39. The van der Waals surface area contributed by atoms with Crippen LogP contribution >= 0.6 is 22.7 Å². The second-order valence-corrected chi connectivity index (χ2v) is 10.1. The van der Waals surface area contributed by atoms with E-state index in [2.05, 4.69) is 11.6 Å². The standard InChI is InChI=1S/C26H23N3O4S2/c1-4-12-28-17-10-7-6-9-16(17)20(23(28)30)22-24(31)29-21(18-11-8-14-34-18)19(25(32)33-13-5-2)15(3)27-26(29)35-22/h5-11,14,21H,2,4,12-13H2,1,3H3/b22-20-/t21-/m1/s1. The Morgan fingerprint density at radius 2 is 2.03 bits per heavy atom. The number of carbonyl (C=O) groups excluding carboxylic acids is 2. The molecule has 0 unspecified atom stereocenters. The number of benzene rings is 1. The van der Waals surface area contributed by atoms with Gasteiger partial charge in [0.1, 0.15) is 17.2 Å². The summed E-state index contributed by atoms with van der Waals surface area (Å²) in [6.07, 6.45) is 2.29. The van der Waals surface area contributed by atoms with Crippen molar-refractivity contribution in [3.8, 4) is 0 Å². The summed E-state index contributed by atoms with van der Waals surface area (Å²) < 4.78 is 7.20. The molecule has 5 rings (SSSR count). The van der Waals surface area contributed by atoms with Crippen molar-refractivity contribution in [3.63, 3.8) is 0 Å². The number of thiophene rings is 1. The van der Waals surface area contributed by atoms with Crippen molar-refractivity contribution in [1.82, 2.24) is 4.57 Å². The lowest BCUT2D eigenvalue weighted by molar-refractivity contribution is -0.138. The predicted molar refractivity (Wildman–Crippen MR) is 137 cm³/mol. The lowest BCUT2D eigenvalue weighted by Crippen LogP contribution is -2.40. The molecule has 0 N–H and O–H groups in total. The maximum Gasteiger partial charge on any atom is 0.338 e. The Morgan fingerprint density at radius 3 is 2.74 bits per heavy atom. The normalized spacial score (nSPS) is 18.3. The quantitative estimate of drug-likeness (QED) is 0.381. The average Bonchev–Trinajstić information content (AvgIpc) is 3.55. The highest BCUT2D eigenvalue weighted by molar-refractivity contribution is 7.10. The smallest absolute Gasteiger partial charge is 0.338 e. The van der Waals surface area contributed by atoms with Gasteiger partial charge in [0.15, 0.2) is 4.80 Å². The largest absolute Gasteiger partial charge is 0.458 e. The van der Waals surface area contributed by atoms with Crippen LogP contribution in [-0.4, -0.2) is 29.6 Å². The molecule has 1 atom stereocenters. The summed E-state index contributed by atoms with van der Waals surface area (Å²) in [6, 6.07) is 10.6. The molecule has 0 saturated heterocycles. The number of para-hydroxylation sites is 1. The van der Waals surface area contributed by atoms with Crippen LogP contribution in [0.25, 0.3) is 5.57 Å². The fourth-order valence-corrected chi connectivity index (χ4v) is 6.47. The molecule has 35 heavy (non-hydrogen) atoms. The van der Waals surface area contributed by atoms with Crippen LogP contribution in [0, 0.1) is 0 Å². The number of fused-ring (bicyclic) bond motifs is 2. The highest BCUT2D eigenvalue weighted by Gasteiger charge is 2.37. The summed E-state index contributed by atoms with van der Waals surface area (Å²) in [7, 11) is 0. The molecule has 2 aliphatic rings. The Hall–Kier alpha value is -3.56. The van der Waals surface area contributed by atoms with Gasteiger partial charge < -0.3 is 9.64 Å². The second-order valence-electron chi connectivity index (χ2n) is 8.15. The lowest BCUT2D eigenvalue weighted by atomic mass is 10.0. The zero-order valence-electron chi connectivity index (χ0n) is 19.3. The third-order valence-corrected chi connectivity index (χ3v) is 7.94. The Morgan fingerprint density at radius 1 is 1.23 bits per heavy atom. The second kappa shape index (κ2) is 9.24. The van der Waals surface area contributed by atoms with Gasteiger partial charge in [-0.25, -0.2) is 9.79 Å². The number of hydrogen-bond acceptors (Lipinski definition) is 7. The zero-order valence-corrected chi connectivity index (χ0v) is 20.9. The molecule has 2 aliphatic heterocycles. The molecule has 0 aliphatic carbocycles. The number of anilines is 1. The minimum Gasteiger partial charge on any atom is -0.458 e. The highest BCUT2D eigenvalue weighted by Crippen LogP contribution is 2.36. The first-order valence-corrected chi connectivity index (χ1v) is 12.9. The van der Waals surface area contributed by atoms with E-state index in [4.69, 9.17) is 4.74 Å². The monoisotopic (exact) mass is 505 g/mol. The first-order chi connectivity index (χ1) is 17.0. The molecule has 178 valence electrons. The van der Waals surface area contributed by atoms with Gasteiger partial charge in [-0.2, -0.15) is 0 Å². The van der Waals surface area contributed by atoms with Crippen LogP contribution in [0.15, 0.2) is 75.5 Å². The van der Waals surface area contributed by atoms with E-state index < -0.39 is 12.0 Å². The lowest BCUT2D eigenvalue weighted by Gasteiger charge is -2.23. The Balaban J connectivity index is 1.78. The van der Waals surface area contributed by atoms with Gasteiger partial charge in [0.2, 0.25) is 0 Å². The Bertz CT molecular complexity index is 1560. The van der Waals surface area contributed by atoms with Gasteiger partial charge in [0, 0.05) is 17.0 Å². The van der Waals surface area contributed by atoms with E-state index in [1.807, 2.05) is 48.7 Å². The third-order valence-electron chi connectivity index (χ3n) is 5.96. The van der Waals surface area contributed by atoms with Crippen LogP contribution in [0.2, 0.25) is 0 Å². The van der Waals surface area contributed by atoms with Crippen molar-refractivity contribution >= 4 is 45.8 Å². The van der Waals surface area contributed by atoms with Gasteiger partial charge >= 0.3 is 5.97 Å². The van der Waals surface area contributed by atoms with Crippen molar-refractivity contribution in [1.29, 1.82) is 0 Å². The van der Waals surface area contributed by atoms with E-state index in [0.29, 0.717) is 32.7 Å². The SMILES string of the molecule is C=CCOC(=O)C1=C(C)N=c2s/c(=C3\C(=O)N(CCC)c4ccccc43)c(=O)n2[C@@H]1c1cccs1. The van der Waals surface area contributed by atoms with Crippen molar-refractivity contribution in [2.24, 2.45) is 4.99 Å². The van der Waals surface area contributed by atoms with Gasteiger partial charge in [-0.05, 0) is 30.9 Å². The van der Waals surface area contributed by atoms with Gasteiger partial charge in [0.05, 0.1) is 22.5 Å². The fraction of sp³-hybridized carbons (Fsp3) is 0.231. The van der Waals surface area contributed by atoms with Crippen LogP contribution in [0.1, 0.15) is 36.8 Å². The van der Waals surface area contributed by atoms with Crippen LogP contribution < -0.4 is 19.8 Å². The molecule has 0 bridgehead atoms. The molecule has 3 aromatic rings. The number of carbonyl (C=O) groups is 2. The molecular formula is C26H23N3O4S2. The van der Waals surface area contributed by atoms with E-state index in [9.17, 15) is 14.4 Å². The predicted octanol–water partition coefficient (Wildman–Crippen LogP) is 3.15. The summed E-state index contributed by atoms with van der Waals surface area (Å²) >= 11 is 2.63. The number of thiazole rings is 1. The number of allylic oxidation sites excluding steroid dienone is 1. The molecule has 2 aromatic heterocycles. The number of amides is 1. The first-order valence-electron chi connectivity index (χ1n) is 11.3. The van der Waals surface area contributed by atoms with E-state index in [1.54, 1.807) is 11.8 Å². The van der Waals surface area contributed by atoms with Gasteiger partial charge in [-0.15, -0.1) is 11.3 Å². The van der Waals surface area contributed by atoms with Crippen LogP contribution in [0.4, 0.5) is 5.69 Å². The number of aromatic nitrogens is 1. The molecule has 1 amide bonds. The van der Waals surface area contributed by atoms with Crippen LogP contribution in [-0.2, 0) is 14.3 Å². The third kappa shape index (κ3) is 3.71. The van der Waals surface area contributed by atoms with E-state index in [-0.39, 0.29) is 18.1 Å². The summed E-state index contributed by atoms with van der Waals surface area (Å²) in [6.45, 7) is 7.97. The summed E-state index contributed by atoms with van der Waals surface area (Å²) in [4.78, 5) is 48.1. The molecule has 7 nitrogen and oxygen atoms in total. The van der Waals surface area contributed by atoms with Gasteiger partial charge in [-0.1, -0.05) is 55.2 Å². The van der Waals surface area contributed by atoms with Gasteiger partial charge in [-0.3, -0.25) is 14.2 Å². The first kappa shape index (κ1) is 23.2. The van der Waals surface area contributed by atoms with Crippen molar-refractivity contribution in [2.75, 3.05) is 18.1 Å². The van der Waals surface area contributed by atoms with Crippen LogP contribution in [0.3, 0.4) is 0 Å². The topological polar surface area (TPSA) is 81.0 Å². The number of esters is 1. The molecular weight excluding hydrogens is 482 g/mol. The fourth-order valence-electron chi connectivity index (χ4n) is 4.51. The number of nitrogens with zero attached hydrogens (tertiary/aromatic N) is 3. The van der Waals surface area contributed by atoms with Crippen molar-refractivity contribution < 1.29 is 14.3 Å². The van der Waals surface area contributed by atoms with E-state index in [1.165, 1.54) is 33.3 Å². The van der Waals surface area contributed by atoms with Crippen molar-refractivity contribution in [3.05, 3.63) is 95.8 Å². The van der Waals surface area contributed by atoms with Crippen LogP contribution in [0.5, 0.6) is 0 Å². The molecule has 1 aromatic carbocycles. The number of hydrogen-bond donors (Lipinski definition) is 0. The van der Waals surface area contributed by atoms with Crippen molar-refractivity contribution in [2.45, 2.75) is 26.3 Å².